The summed E-state index contributed by atoms with van der Waals surface area (Å²) in [4.78, 5) is 0. The summed E-state index contributed by atoms with van der Waals surface area (Å²) in [5.74, 6) is 0.844. The fraction of sp³-hybridized carbons (Fsp3) is 1.00. The molecule has 0 bridgehead atoms. The zero-order valence-corrected chi connectivity index (χ0v) is 10.2. The average Bonchev–Trinajstić information content (AvgIpc) is 2.96. The van der Waals surface area contributed by atoms with E-state index in [2.05, 4.69) is 19.2 Å². The first-order valence-corrected chi connectivity index (χ1v) is 6.51. The van der Waals surface area contributed by atoms with E-state index >= 15 is 0 Å². The Kier molecular flexibility index (Phi) is 3.68. The molecule has 1 unspecified atom stereocenters. The number of ether oxygens (including phenoxy) is 1. The Hall–Kier alpha value is -0.0800. The molecule has 2 rings (SSSR count). The van der Waals surface area contributed by atoms with E-state index in [0.29, 0.717) is 11.5 Å². The highest BCUT2D eigenvalue weighted by molar-refractivity contribution is 4.96. The maximum Gasteiger partial charge on any atom is 0.0619 e. The summed E-state index contributed by atoms with van der Waals surface area (Å²) >= 11 is 0. The smallest absolute Gasteiger partial charge is 0.0619 e. The molecule has 1 saturated heterocycles. The number of rotatable bonds is 5. The van der Waals surface area contributed by atoms with E-state index in [0.717, 1.165) is 19.1 Å². The van der Waals surface area contributed by atoms with Crippen LogP contribution in [0.5, 0.6) is 0 Å². The molecular weight excluding hydrogens is 186 g/mol. The highest BCUT2D eigenvalue weighted by atomic mass is 16.5. The fourth-order valence-electron chi connectivity index (χ4n) is 2.76. The molecule has 1 N–H and O–H groups in total. The van der Waals surface area contributed by atoms with Crippen molar-refractivity contribution in [1.82, 2.24) is 5.32 Å². The maximum absolute atomic E-state index is 5.49. The summed E-state index contributed by atoms with van der Waals surface area (Å²) in [6, 6.07) is 0.628. The lowest BCUT2D eigenvalue weighted by atomic mass is 9.94. The SMILES string of the molecule is CC(C)CC1(CNC2CCCOC2)CC1. The molecule has 1 aliphatic carbocycles. The minimum absolute atomic E-state index is 0.628. The highest BCUT2D eigenvalue weighted by Crippen LogP contribution is 2.50. The molecule has 2 heteroatoms. The molecule has 0 aromatic rings. The molecule has 1 heterocycles. The Labute approximate surface area is 93.8 Å². The normalized spacial score (nSPS) is 29.4. The van der Waals surface area contributed by atoms with E-state index in [4.69, 9.17) is 4.74 Å². The lowest BCUT2D eigenvalue weighted by Gasteiger charge is -2.26. The molecule has 2 fully saturated rings. The van der Waals surface area contributed by atoms with Crippen LogP contribution in [0.1, 0.15) is 46.0 Å². The van der Waals surface area contributed by atoms with Gasteiger partial charge in [-0.1, -0.05) is 13.8 Å². The van der Waals surface area contributed by atoms with E-state index in [1.807, 2.05) is 0 Å². The predicted octanol–water partition coefficient (Wildman–Crippen LogP) is 2.58. The van der Waals surface area contributed by atoms with Gasteiger partial charge in [0.2, 0.25) is 0 Å². The van der Waals surface area contributed by atoms with Crippen molar-refractivity contribution < 1.29 is 4.74 Å². The highest BCUT2D eigenvalue weighted by Gasteiger charge is 2.42. The minimum Gasteiger partial charge on any atom is -0.380 e. The largest absolute Gasteiger partial charge is 0.380 e. The molecule has 0 spiro atoms. The van der Waals surface area contributed by atoms with Crippen molar-refractivity contribution in [3.8, 4) is 0 Å². The van der Waals surface area contributed by atoms with Crippen molar-refractivity contribution in [3.05, 3.63) is 0 Å². The van der Waals surface area contributed by atoms with Crippen LogP contribution in [0.3, 0.4) is 0 Å². The van der Waals surface area contributed by atoms with Crippen molar-refractivity contribution in [3.63, 3.8) is 0 Å². The minimum atomic E-state index is 0.628. The first-order chi connectivity index (χ1) is 7.20. The standard InChI is InChI=1S/C13H25NO/c1-11(2)8-13(5-6-13)10-14-12-4-3-7-15-9-12/h11-12,14H,3-10H2,1-2H3. The van der Waals surface area contributed by atoms with E-state index in [1.165, 1.54) is 38.6 Å². The molecule has 0 radical (unpaired) electrons. The molecule has 0 aromatic heterocycles. The maximum atomic E-state index is 5.49. The van der Waals surface area contributed by atoms with Gasteiger partial charge in [-0.05, 0) is 43.4 Å². The van der Waals surface area contributed by atoms with Crippen LogP contribution >= 0.6 is 0 Å². The summed E-state index contributed by atoms with van der Waals surface area (Å²) in [7, 11) is 0. The van der Waals surface area contributed by atoms with E-state index in [1.54, 1.807) is 0 Å². The van der Waals surface area contributed by atoms with Crippen molar-refractivity contribution in [1.29, 1.82) is 0 Å². The summed E-state index contributed by atoms with van der Waals surface area (Å²) < 4.78 is 5.49. The van der Waals surface area contributed by atoms with Crippen LogP contribution in [0, 0.1) is 11.3 Å². The molecule has 1 atom stereocenters. The number of nitrogens with one attached hydrogen (secondary N) is 1. The van der Waals surface area contributed by atoms with Crippen LogP contribution in [0.25, 0.3) is 0 Å². The second kappa shape index (κ2) is 4.84. The van der Waals surface area contributed by atoms with Gasteiger partial charge < -0.3 is 10.1 Å². The van der Waals surface area contributed by atoms with Crippen molar-refractivity contribution in [2.45, 2.75) is 52.0 Å². The Morgan fingerprint density at radius 1 is 1.40 bits per heavy atom. The van der Waals surface area contributed by atoms with E-state index in [-0.39, 0.29) is 0 Å². The van der Waals surface area contributed by atoms with Gasteiger partial charge in [-0.25, -0.2) is 0 Å². The summed E-state index contributed by atoms with van der Waals surface area (Å²) in [5, 5.41) is 3.70. The van der Waals surface area contributed by atoms with Gasteiger partial charge in [0, 0.05) is 19.2 Å². The molecule has 1 aliphatic heterocycles. The Morgan fingerprint density at radius 2 is 2.20 bits per heavy atom. The molecule has 1 saturated carbocycles. The van der Waals surface area contributed by atoms with Crippen LogP contribution in [0.15, 0.2) is 0 Å². The monoisotopic (exact) mass is 211 g/mol. The topological polar surface area (TPSA) is 21.3 Å². The Balaban J connectivity index is 1.68. The summed E-state index contributed by atoms with van der Waals surface area (Å²) in [5.41, 5.74) is 0.658. The lowest BCUT2D eigenvalue weighted by Crippen LogP contribution is -2.40. The van der Waals surface area contributed by atoms with Gasteiger partial charge in [0.1, 0.15) is 0 Å². The first kappa shape index (κ1) is 11.4. The molecule has 88 valence electrons. The molecule has 2 nitrogen and oxygen atoms in total. The average molecular weight is 211 g/mol. The molecule has 2 aliphatic rings. The summed E-state index contributed by atoms with van der Waals surface area (Å²) in [6.07, 6.45) is 6.80. The zero-order chi connectivity index (χ0) is 10.7. The lowest BCUT2D eigenvalue weighted by molar-refractivity contribution is 0.0681. The van der Waals surface area contributed by atoms with Crippen LogP contribution < -0.4 is 5.32 Å². The van der Waals surface area contributed by atoms with Gasteiger partial charge in [-0.3, -0.25) is 0 Å². The third-order valence-electron chi connectivity index (χ3n) is 3.72. The van der Waals surface area contributed by atoms with Gasteiger partial charge in [0.15, 0.2) is 0 Å². The summed E-state index contributed by atoms with van der Waals surface area (Å²) in [6.45, 7) is 7.79. The second-order valence-electron chi connectivity index (χ2n) is 5.89. The first-order valence-electron chi connectivity index (χ1n) is 6.51. The van der Waals surface area contributed by atoms with Crippen LogP contribution in [0.4, 0.5) is 0 Å². The number of hydrogen-bond acceptors (Lipinski definition) is 2. The van der Waals surface area contributed by atoms with Gasteiger partial charge >= 0.3 is 0 Å². The Morgan fingerprint density at radius 3 is 2.73 bits per heavy atom. The van der Waals surface area contributed by atoms with Gasteiger partial charge in [0.25, 0.3) is 0 Å². The Bertz CT molecular complexity index is 193. The van der Waals surface area contributed by atoms with Gasteiger partial charge in [-0.15, -0.1) is 0 Å². The van der Waals surface area contributed by atoms with Crippen molar-refractivity contribution in [2.75, 3.05) is 19.8 Å². The van der Waals surface area contributed by atoms with Crippen LogP contribution in [-0.4, -0.2) is 25.8 Å². The van der Waals surface area contributed by atoms with Crippen molar-refractivity contribution in [2.24, 2.45) is 11.3 Å². The molecule has 0 amide bonds. The van der Waals surface area contributed by atoms with Gasteiger partial charge in [0.05, 0.1) is 6.61 Å². The van der Waals surface area contributed by atoms with Crippen molar-refractivity contribution >= 4 is 0 Å². The molecule has 0 aromatic carbocycles. The third kappa shape index (κ3) is 3.46. The fourth-order valence-corrected chi connectivity index (χ4v) is 2.76. The van der Waals surface area contributed by atoms with Gasteiger partial charge in [-0.2, -0.15) is 0 Å². The third-order valence-corrected chi connectivity index (χ3v) is 3.72. The quantitative estimate of drug-likeness (QED) is 0.754. The van der Waals surface area contributed by atoms with E-state index < -0.39 is 0 Å². The number of hydrogen-bond donors (Lipinski definition) is 1. The zero-order valence-electron chi connectivity index (χ0n) is 10.2. The molecular formula is C13H25NO. The van der Waals surface area contributed by atoms with Crippen LogP contribution in [-0.2, 0) is 4.74 Å². The second-order valence-corrected chi connectivity index (χ2v) is 5.89. The van der Waals surface area contributed by atoms with Crippen LogP contribution in [0.2, 0.25) is 0 Å². The molecule has 15 heavy (non-hydrogen) atoms. The predicted molar refractivity (Wildman–Crippen MR) is 63.0 cm³/mol. The van der Waals surface area contributed by atoms with E-state index in [9.17, 15) is 0 Å².